The van der Waals surface area contributed by atoms with Crippen LogP contribution in [0.15, 0.2) is 0 Å². The Bertz CT molecular complexity index is 166. The maximum atomic E-state index is 5.30. The first kappa shape index (κ1) is 9.44. The van der Waals surface area contributed by atoms with Crippen molar-refractivity contribution in [3.05, 3.63) is 0 Å². The average Bonchev–Trinajstić information content (AvgIpc) is 2.19. The molecule has 3 nitrogen and oxygen atoms in total. The number of morpholine rings is 1. The normalized spacial score (nSPS) is 41.5. The molecule has 0 aromatic heterocycles. The highest BCUT2D eigenvalue weighted by atomic mass is 16.5. The van der Waals surface area contributed by atoms with Gasteiger partial charge in [-0.05, 0) is 18.3 Å². The monoisotopic (exact) mass is 184 g/mol. The molecule has 2 fully saturated rings. The Morgan fingerprint density at radius 2 is 1.92 bits per heavy atom. The van der Waals surface area contributed by atoms with Crippen molar-refractivity contribution in [2.24, 2.45) is 11.8 Å². The standard InChI is InChI=1S/C10H20N2O/c1-8-7-10(9(8)2)11-12-3-5-13-6-4-12/h8-11H,3-7H2,1-2H3. The van der Waals surface area contributed by atoms with Gasteiger partial charge in [-0.1, -0.05) is 13.8 Å². The van der Waals surface area contributed by atoms with Gasteiger partial charge in [0.15, 0.2) is 0 Å². The van der Waals surface area contributed by atoms with Crippen LogP contribution in [0.4, 0.5) is 0 Å². The molecule has 0 radical (unpaired) electrons. The fourth-order valence-electron chi connectivity index (χ4n) is 2.13. The minimum absolute atomic E-state index is 0.716. The van der Waals surface area contributed by atoms with Gasteiger partial charge in [0, 0.05) is 19.1 Å². The van der Waals surface area contributed by atoms with Crippen LogP contribution in [-0.2, 0) is 4.74 Å². The molecule has 1 saturated heterocycles. The molecule has 1 saturated carbocycles. The Morgan fingerprint density at radius 1 is 1.23 bits per heavy atom. The van der Waals surface area contributed by atoms with E-state index < -0.39 is 0 Å². The molecule has 0 aromatic rings. The van der Waals surface area contributed by atoms with E-state index in [-0.39, 0.29) is 0 Å². The van der Waals surface area contributed by atoms with Crippen molar-refractivity contribution in [2.75, 3.05) is 26.3 Å². The third-order valence-electron chi connectivity index (χ3n) is 3.52. The lowest BCUT2D eigenvalue weighted by Crippen LogP contribution is -2.57. The third kappa shape index (κ3) is 2.03. The van der Waals surface area contributed by atoms with Crippen molar-refractivity contribution in [1.82, 2.24) is 10.4 Å². The highest BCUT2D eigenvalue weighted by Crippen LogP contribution is 2.33. The van der Waals surface area contributed by atoms with Crippen molar-refractivity contribution < 1.29 is 4.74 Å². The number of nitrogens with zero attached hydrogens (tertiary/aromatic N) is 1. The van der Waals surface area contributed by atoms with E-state index in [1.165, 1.54) is 6.42 Å². The number of hydrogen-bond donors (Lipinski definition) is 1. The fraction of sp³-hybridized carbons (Fsp3) is 1.00. The maximum absolute atomic E-state index is 5.30. The number of nitrogens with one attached hydrogen (secondary N) is 1. The summed E-state index contributed by atoms with van der Waals surface area (Å²) in [5.74, 6) is 1.74. The number of ether oxygens (including phenoxy) is 1. The van der Waals surface area contributed by atoms with E-state index in [0.717, 1.165) is 38.1 Å². The summed E-state index contributed by atoms with van der Waals surface area (Å²) < 4.78 is 5.30. The van der Waals surface area contributed by atoms with Crippen LogP contribution < -0.4 is 5.43 Å². The number of hydrazine groups is 1. The van der Waals surface area contributed by atoms with E-state index in [4.69, 9.17) is 4.74 Å². The second-order valence-corrected chi connectivity index (χ2v) is 4.41. The van der Waals surface area contributed by atoms with Crippen molar-refractivity contribution in [3.63, 3.8) is 0 Å². The Hall–Kier alpha value is -0.120. The van der Waals surface area contributed by atoms with E-state index in [1.807, 2.05) is 0 Å². The first-order valence-corrected chi connectivity index (χ1v) is 5.36. The minimum atomic E-state index is 0.716. The molecule has 0 bridgehead atoms. The minimum Gasteiger partial charge on any atom is -0.379 e. The zero-order chi connectivity index (χ0) is 9.26. The SMILES string of the molecule is CC1CC(NN2CCOCC2)C1C. The molecule has 2 aliphatic rings. The van der Waals surface area contributed by atoms with Crippen LogP contribution in [0.2, 0.25) is 0 Å². The van der Waals surface area contributed by atoms with Crippen LogP contribution in [0.5, 0.6) is 0 Å². The smallest absolute Gasteiger partial charge is 0.0608 e. The fourth-order valence-corrected chi connectivity index (χ4v) is 2.13. The Labute approximate surface area is 80.4 Å². The molecule has 3 heteroatoms. The summed E-state index contributed by atoms with van der Waals surface area (Å²) in [6, 6.07) is 0.716. The van der Waals surface area contributed by atoms with E-state index in [2.05, 4.69) is 24.3 Å². The Kier molecular flexibility index (Phi) is 2.86. The zero-order valence-corrected chi connectivity index (χ0v) is 8.62. The topological polar surface area (TPSA) is 24.5 Å². The molecule has 0 aromatic carbocycles. The highest BCUT2D eigenvalue weighted by molar-refractivity contribution is 4.88. The van der Waals surface area contributed by atoms with Crippen LogP contribution in [0, 0.1) is 11.8 Å². The van der Waals surface area contributed by atoms with Crippen molar-refractivity contribution in [2.45, 2.75) is 26.3 Å². The van der Waals surface area contributed by atoms with Gasteiger partial charge < -0.3 is 4.74 Å². The molecule has 1 heterocycles. The number of rotatable bonds is 2. The average molecular weight is 184 g/mol. The first-order chi connectivity index (χ1) is 6.27. The molecule has 1 aliphatic heterocycles. The predicted octanol–water partition coefficient (Wildman–Crippen LogP) is 0.868. The summed E-state index contributed by atoms with van der Waals surface area (Å²) in [4.78, 5) is 0. The largest absolute Gasteiger partial charge is 0.379 e. The molecule has 13 heavy (non-hydrogen) atoms. The van der Waals surface area contributed by atoms with Crippen molar-refractivity contribution in [3.8, 4) is 0 Å². The second-order valence-electron chi connectivity index (χ2n) is 4.41. The quantitative estimate of drug-likeness (QED) is 0.689. The lowest BCUT2D eigenvalue weighted by Gasteiger charge is -2.44. The van der Waals surface area contributed by atoms with Gasteiger partial charge in [0.1, 0.15) is 0 Å². The van der Waals surface area contributed by atoms with Crippen molar-refractivity contribution >= 4 is 0 Å². The maximum Gasteiger partial charge on any atom is 0.0608 e. The molecule has 76 valence electrons. The van der Waals surface area contributed by atoms with Gasteiger partial charge in [0.25, 0.3) is 0 Å². The molecule has 1 aliphatic carbocycles. The lowest BCUT2D eigenvalue weighted by molar-refractivity contribution is -0.0242. The second kappa shape index (κ2) is 3.95. The molecular formula is C10H20N2O. The van der Waals surface area contributed by atoms with Crippen LogP contribution in [-0.4, -0.2) is 37.4 Å². The molecule has 2 rings (SSSR count). The van der Waals surface area contributed by atoms with Gasteiger partial charge in [-0.25, -0.2) is 5.01 Å². The van der Waals surface area contributed by atoms with Crippen LogP contribution in [0.3, 0.4) is 0 Å². The number of hydrogen-bond acceptors (Lipinski definition) is 3. The summed E-state index contributed by atoms with van der Waals surface area (Å²) in [6.07, 6.45) is 1.33. The Morgan fingerprint density at radius 3 is 2.46 bits per heavy atom. The molecule has 0 amide bonds. The highest BCUT2D eigenvalue weighted by Gasteiger charge is 2.35. The Balaban J connectivity index is 1.72. The van der Waals surface area contributed by atoms with Gasteiger partial charge in [-0.2, -0.15) is 0 Å². The van der Waals surface area contributed by atoms with Gasteiger partial charge in [-0.3, -0.25) is 5.43 Å². The third-order valence-corrected chi connectivity index (χ3v) is 3.52. The van der Waals surface area contributed by atoms with Crippen LogP contribution in [0.1, 0.15) is 20.3 Å². The van der Waals surface area contributed by atoms with Crippen LogP contribution in [0.25, 0.3) is 0 Å². The summed E-state index contributed by atoms with van der Waals surface area (Å²) >= 11 is 0. The molecule has 3 atom stereocenters. The first-order valence-electron chi connectivity index (χ1n) is 5.36. The molecule has 1 N–H and O–H groups in total. The zero-order valence-electron chi connectivity index (χ0n) is 8.62. The molecular weight excluding hydrogens is 164 g/mol. The van der Waals surface area contributed by atoms with Crippen LogP contribution >= 0.6 is 0 Å². The van der Waals surface area contributed by atoms with E-state index in [9.17, 15) is 0 Å². The van der Waals surface area contributed by atoms with Gasteiger partial charge in [0.05, 0.1) is 13.2 Å². The summed E-state index contributed by atoms with van der Waals surface area (Å²) in [6.45, 7) is 8.51. The van der Waals surface area contributed by atoms with E-state index in [0.29, 0.717) is 6.04 Å². The molecule has 3 unspecified atom stereocenters. The summed E-state index contributed by atoms with van der Waals surface area (Å²) in [5.41, 5.74) is 3.59. The van der Waals surface area contributed by atoms with Gasteiger partial charge in [-0.15, -0.1) is 0 Å². The van der Waals surface area contributed by atoms with E-state index >= 15 is 0 Å². The van der Waals surface area contributed by atoms with E-state index in [1.54, 1.807) is 0 Å². The van der Waals surface area contributed by atoms with Crippen molar-refractivity contribution in [1.29, 1.82) is 0 Å². The summed E-state index contributed by atoms with van der Waals surface area (Å²) in [5, 5.41) is 2.32. The molecule has 0 spiro atoms. The van der Waals surface area contributed by atoms with Gasteiger partial charge in [0.2, 0.25) is 0 Å². The van der Waals surface area contributed by atoms with Gasteiger partial charge >= 0.3 is 0 Å². The predicted molar refractivity (Wildman–Crippen MR) is 52.3 cm³/mol. The lowest BCUT2D eigenvalue weighted by atomic mass is 9.72. The summed E-state index contributed by atoms with van der Waals surface area (Å²) in [7, 11) is 0.